The zero-order valence-corrected chi connectivity index (χ0v) is 27.0. The van der Waals surface area contributed by atoms with E-state index in [0.29, 0.717) is 16.3 Å². The Kier molecular flexibility index (Phi) is 11.9. The van der Waals surface area contributed by atoms with E-state index in [9.17, 15) is 19.1 Å². The van der Waals surface area contributed by atoms with Gasteiger partial charge in [-0.15, -0.1) is 16.0 Å². The van der Waals surface area contributed by atoms with Crippen molar-refractivity contribution in [3.8, 4) is 17.3 Å². The van der Waals surface area contributed by atoms with E-state index >= 15 is 4.39 Å². The SMILES string of the molecule is CC(=O)OCCN(C)C(=O)OC[n+]1cnn(C[C@](O)(c2cc(F)ccc2F)[C@@H](C)c2nc(-c3ccc(C#N)cc3)cs2)c1.[I-]. The average Bonchev–Trinajstić information content (AvgIpc) is 3.66. The zero-order chi connectivity index (χ0) is 31.1. The first-order chi connectivity index (χ1) is 20.5. The highest BCUT2D eigenvalue weighted by Gasteiger charge is 2.43. The number of carbonyl (C=O) groups is 2. The fourth-order valence-electron chi connectivity index (χ4n) is 4.24. The van der Waals surface area contributed by atoms with Crippen LogP contribution in [0.2, 0.25) is 0 Å². The van der Waals surface area contributed by atoms with E-state index in [-0.39, 0.29) is 56.0 Å². The summed E-state index contributed by atoms with van der Waals surface area (Å²) in [6.45, 7) is 2.58. The van der Waals surface area contributed by atoms with Crippen molar-refractivity contribution in [1.29, 1.82) is 5.26 Å². The molecule has 232 valence electrons. The van der Waals surface area contributed by atoms with Gasteiger partial charge in [0.2, 0.25) is 13.1 Å². The summed E-state index contributed by atoms with van der Waals surface area (Å²) >= 11 is 1.25. The largest absolute Gasteiger partial charge is 1.00 e. The van der Waals surface area contributed by atoms with Gasteiger partial charge in [0.05, 0.1) is 28.9 Å². The van der Waals surface area contributed by atoms with Crippen LogP contribution in [-0.2, 0) is 33.1 Å². The third kappa shape index (κ3) is 8.33. The number of esters is 1. The smallest absolute Gasteiger partial charge is 0.412 e. The molecule has 0 saturated carbocycles. The lowest BCUT2D eigenvalue weighted by atomic mass is 9.82. The summed E-state index contributed by atoms with van der Waals surface area (Å²) < 4.78 is 42.2. The van der Waals surface area contributed by atoms with Crippen LogP contribution >= 0.6 is 11.3 Å². The molecule has 2 aromatic heterocycles. The van der Waals surface area contributed by atoms with E-state index in [4.69, 9.17) is 14.7 Å². The van der Waals surface area contributed by atoms with Crippen molar-refractivity contribution in [2.45, 2.75) is 38.6 Å². The number of likely N-dealkylation sites (N-methyl/N-ethyl adjacent to an activating group) is 1. The minimum absolute atomic E-state index is 0. The van der Waals surface area contributed by atoms with E-state index in [2.05, 4.69) is 16.2 Å². The Morgan fingerprint density at radius 3 is 2.64 bits per heavy atom. The molecule has 2 heterocycles. The summed E-state index contributed by atoms with van der Waals surface area (Å²) in [4.78, 5) is 29.0. The van der Waals surface area contributed by atoms with Crippen LogP contribution in [0, 0.1) is 23.0 Å². The topological polar surface area (TPSA) is 134 Å². The second kappa shape index (κ2) is 15.1. The van der Waals surface area contributed by atoms with Gasteiger partial charge >= 0.3 is 12.1 Å². The van der Waals surface area contributed by atoms with Gasteiger partial charge in [-0.3, -0.25) is 4.79 Å². The molecular formula is C29H29F2IN6O5S. The molecule has 0 radical (unpaired) electrons. The predicted octanol–water partition coefficient (Wildman–Crippen LogP) is 0.728. The van der Waals surface area contributed by atoms with Gasteiger partial charge in [-0.05, 0) is 30.3 Å². The number of carbonyl (C=O) groups excluding carboxylic acids is 2. The molecular weight excluding hydrogens is 709 g/mol. The van der Waals surface area contributed by atoms with Crippen LogP contribution in [0.5, 0.6) is 0 Å². The second-order valence-corrected chi connectivity index (χ2v) is 10.7. The molecule has 0 bridgehead atoms. The number of aromatic nitrogens is 4. The van der Waals surface area contributed by atoms with Crippen LogP contribution in [0.25, 0.3) is 11.3 Å². The number of rotatable bonds is 11. The first kappa shape index (κ1) is 34.5. The van der Waals surface area contributed by atoms with Crippen LogP contribution in [0.4, 0.5) is 13.6 Å². The lowest BCUT2D eigenvalue weighted by Gasteiger charge is -2.32. The van der Waals surface area contributed by atoms with E-state index in [1.54, 1.807) is 36.6 Å². The lowest BCUT2D eigenvalue weighted by Crippen LogP contribution is -3.00. The summed E-state index contributed by atoms with van der Waals surface area (Å²) in [7, 11) is 1.49. The number of amides is 1. The molecule has 44 heavy (non-hydrogen) atoms. The fraction of sp³-hybridized carbons (Fsp3) is 0.310. The molecule has 0 aliphatic heterocycles. The highest BCUT2D eigenvalue weighted by Crippen LogP contribution is 2.41. The Morgan fingerprint density at radius 1 is 1.23 bits per heavy atom. The van der Waals surface area contributed by atoms with E-state index in [1.807, 2.05) is 0 Å². The summed E-state index contributed by atoms with van der Waals surface area (Å²) in [5, 5.41) is 27.6. The molecule has 15 heteroatoms. The maximum absolute atomic E-state index is 15.1. The summed E-state index contributed by atoms with van der Waals surface area (Å²) in [6, 6.07) is 11.8. The van der Waals surface area contributed by atoms with Gasteiger partial charge in [-0.2, -0.15) is 5.26 Å². The zero-order valence-electron chi connectivity index (χ0n) is 24.0. The minimum Gasteiger partial charge on any atom is -1.00 e. The molecule has 0 saturated heterocycles. The lowest BCUT2D eigenvalue weighted by molar-refractivity contribution is -0.728. The molecule has 0 aliphatic rings. The summed E-state index contributed by atoms with van der Waals surface area (Å²) in [6.07, 6.45) is 2.14. The minimum atomic E-state index is -2.00. The van der Waals surface area contributed by atoms with Gasteiger partial charge in [0, 0.05) is 41.5 Å². The first-order valence-electron chi connectivity index (χ1n) is 13.1. The molecule has 11 nitrogen and oxygen atoms in total. The predicted molar refractivity (Wildman–Crippen MR) is 149 cm³/mol. The van der Waals surface area contributed by atoms with Crippen molar-refractivity contribution in [2.24, 2.45) is 0 Å². The number of nitrogens with zero attached hydrogens (tertiary/aromatic N) is 6. The molecule has 0 spiro atoms. The Morgan fingerprint density at radius 2 is 1.95 bits per heavy atom. The molecule has 1 N–H and O–H groups in total. The third-order valence-electron chi connectivity index (χ3n) is 6.73. The van der Waals surface area contributed by atoms with Crippen molar-refractivity contribution < 1.29 is 61.5 Å². The fourth-order valence-corrected chi connectivity index (χ4v) is 5.21. The number of aliphatic hydroxyl groups is 1. The Bertz CT molecular complexity index is 1640. The molecule has 2 aromatic carbocycles. The van der Waals surface area contributed by atoms with Gasteiger partial charge < -0.3 is 43.5 Å². The average molecular weight is 739 g/mol. The van der Waals surface area contributed by atoms with Crippen LogP contribution in [-0.4, -0.2) is 57.0 Å². The molecule has 0 aliphatic carbocycles. The van der Waals surface area contributed by atoms with Crippen molar-refractivity contribution in [1.82, 2.24) is 19.7 Å². The number of halogens is 3. The Labute approximate surface area is 273 Å². The van der Waals surface area contributed by atoms with Gasteiger partial charge in [0.1, 0.15) is 30.4 Å². The van der Waals surface area contributed by atoms with Gasteiger partial charge in [0.25, 0.3) is 6.33 Å². The van der Waals surface area contributed by atoms with E-state index in [1.165, 1.54) is 52.1 Å². The molecule has 2 atom stereocenters. The third-order valence-corrected chi connectivity index (χ3v) is 7.75. The highest BCUT2D eigenvalue weighted by atomic mass is 127. The standard InChI is InChI=1S/C29H29F2N6O5S.HI/c1-19(27-34-26(14-43-27)22-6-4-21(13-32)5-7-22)29(40,24-12-23(30)8-9-25(24)31)15-37-17-36(16-33-37)18-42-28(39)35(3)10-11-41-20(2)38;/h4-9,12,14,16-17,19,40H,10-11,15,18H2,1-3H3;1H/q+1;/p-1/t19-,29+;/m0./s1. The number of hydrogen-bond acceptors (Lipinski definition) is 9. The van der Waals surface area contributed by atoms with Crippen molar-refractivity contribution >= 4 is 23.4 Å². The van der Waals surface area contributed by atoms with Crippen molar-refractivity contribution in [3.05, 3.63) is 88.3 Å². The molecule has 1 amide bonds. The van der Waals surface area contributed by atoms with Crippen molar-refractivity contribution in [3.63, 3.8) is 0 Å². The van der Waals surface area contributed by atoms with Gasteiger partial charge in [-0.1, -0.05) is 19.1 Å². The highest BCUT2D eigenvalue weighted by molar-refractivity contribution is 7.10. The van der Waals surface area contributed by atoms with Crippen LogP contribution in [0.1, 0.15) is 35.9 Å². The van der Waals surface area contributed by atoms with Gasteiger partial charge in [0.15, 0.2) is 0 Å². The monoisotopic (exact) mass is 738 g/mol. The second-order valence-electron chi connectivity index (χ2n) is 9.79. The van der Waals surface area contributed by atoms with E-state index < -0.39 is 35.2 Å². The van der Waals surface area contributed by atoms with Crippen LogP contribution in [0.15, 0.2) is 60.5 Å². The number of ether oxygens (including phenoxy) is 2. The maximum Gasteiger partial charge on any atom is 0.412 e. The number of thiazole rings is 1. The maximum atomic E-state index is 15.1. The van der Waals surface area contributed by atoms with Crippen LogP contribution in [0.3, 0.4) is 0 Å². The van der Waals surface area contributed by atoms with Gasteiger partial charge in [-0.25, -0.2) is 23.1 Å². The van der Waals surface area contributed by atoms with E-state index in [0.717, 1.165) is 23.8 Å². The Balaban J connectivity index is 0.00000529. The Hall–Kier alpha value is -4.01. The van der Waals surface area contributed by atoms with Crippen LogP contribution < -0.4 is 28.5 Å². The summed E-state index contributed by atoms with van der Waals surface area (Å²) in [5.41, 5.74) is -0.397. The molecule has 0 unspecified atom stereocenters. The summed E-state index contributed by atoms with van der Waals surface area (Å²) in [5.74, 6) is -2.80. The molecule has 0 fully saturated rings. The quantitative estimate of drug-likeness (QED) is 0.135. The number of nitriles is 1. The first-order valence-corrected chi connectivity index (χ1v) is 13.9. The van der Waals surface area contributed by atoms with Crippen molar-refractivity contribution in [2.75, 3.05) is 20.2 Å². The number of benzene rings is 2. The normalized spacial score (nSPS) is 12.8. The number of hydrogen-bond donors (Lipinski definition) is 1. The molecule has 4 rings (SSSR count). The molecule has 4 aromatic rings.